The molecule has 2 heterocycles. The number of amides is 1. The molecule has 2 atom stereocenters. The molecule has 1 aromatic rings. The molecule has 6 nitrogen and oxygen atoms in total. The lowest BCUT2D eigenvalue weighted by atomic mass is 9.91. The number of nitrogens with two attached hydrogens (primary N) is 1. The van der Waals surface area contributed by atoms with Crippen molar-refractivity contribution < 1.29 is 4.79 Å². The molecule has 1 aliphatic heterocycles. The summed E-state index contributed by atoms with van der Waals surface area (Å²) in [5, 5.41) is 7.50. The molecule has 0 spiro atoms. The number of likely N-dealkylation sites (tertiary alicyclic amines) is 1. The first-order chi connectivity index (χ1) is 8.22. The third-order valence-electron chi connectivity index (χ3n) is 3.45. The van der Waals surface area contributed by atoms with Crippen LogP contribution >= 0.6 is 0 Å². The summed E-state index contributed by atoms with van der Waals surface area (Å²) in [5.41, 5.74) is 5.77. The van der Waals surface area contributed by atoms with E-state index >= 15 is 0 Å². The van der Waals surface area contributed by atoms with Crippen molar-refractivity contribution in [3.63, 3.8) is 0 Å². The Morgan fingerprint density at radius 2 is 2.41 bits per heavy atom. The first-order valence-corrected chi connectivity index (χ1v) is 6.06. The highest BCUT2D eigenvalue weighted by molar-refractivity contribution is 5.76. The normalized spacial score (nSPS) is 24.9. The fraction of sp³-hybridized carbons (Fsp3) is 0.727. The zero-order valence-electron chi connectivity index (χ0n) is 10.1. The number of hydrogen-bond acceptors (Lipinski definition) is 4. The van der Waals surface area contributed by atoms with Crippen LogP contribution in [0.25, 0.3) is 0 Å². The van der Waals surface area contributed by atoms with Gasteiger partial charge in [0, 0.05) is 25.3 Å². The van der Waals surface area contributed by atoms with Gasteiger partial charge < -0.3 is 10.6 Å². The summed E-state index contributed by atoms with van der Waals surface area (Å²) in [5.74, 6) is 0.561. The lowest BCUT2D eigenvalue weighted by Gasteiger charge is -2.39. The molecule has 94 valence electrons. The second-order valence-electron chi connectivity index (χ2n) is 4.61. The summed E-state index contributed by atoms with van der Waals surface area (Å²) >= 11 is 0. The van der Waals surface area contributed by atoms with E-state index in [9.17, 15) is 4.79 Å². The van der Waals surface area contributed by atoms with E-state index in [2.05, 4.69) is 17.2 Å². The molecule has 2 rings (SSSR count). The van der Waals surface area contributed by atoms with E-state index in [0.717, 1.165) is 19.4 Å². The van der Waals surface area contributed by atoms with Gasteiger partial charge in [-0.3, -0.25) is 4.79 Å². The molecule has 17 heavy (non-hydrogen) atoms. The average Bonchev–Trinajstić information content (AvgIpc) is 2.81. The zero-order chi connectivity index (χ0) is 12.3. The topological polar surface area (TPSA) is 77.0 Å². The van der Waals surface area contributed by atoms with Crippen LogP contribution in [0.4, 0.5) is 0 Å². The third kappa shape index (κ3) is 2.63. The fourth-order valence-corrected chi connectivity index (χ4v) is 2.46. The van der Waals surface area contributed by atoms with Crippen LogP contribution < -0.4 is 5.73 Å². The molecule has 0 bridgehead atoms. The van der Waals surface area contributed by atoms with Crippen molar-refractivity contribution in [1.82, 2.24) is 19.9 Å². The maximum atomic E-state index is 12.2. The summed E-state index contributed by atoms with van der Waals surface area (Å²) < 4.78 is 1.55. The highest BCUT2D eigenvalue weighted by Crippen LogP contribution is 2.22. The van der Waals surface area contributed by atoms with Crippen molar-refractivity contribution in [3.05, 3.63) is 12.4 Å². The molecule has 1 fully saturated rings. The van der Waals surface area contributed by atoms with Crippen LogP contribution in [-0.2, 0) is 11.3 Å². The molecular weight excluding hydrogens is 218 g/mol. The van der Waals surface area contributed by atoms with Crippen molar-refractivity contribution in [2.75, 3.05) is 13.1 Å². The van der Waals surface area contributed by atoms with Crippen molar-refractivity contribution in [3.8, 4) is 0 Å². The largest absolute Gasteiger partial charge is 0.337 e. The Hall–Kier alpha value is -1.43. The minimum absolute atomic E-state index is 0.0810. The van der Waals surface area contributed by atoms with Crippen LogP contribution in [-0.4, -0.2) is 44.9 Å². The SMILES string of the molecule is C[C@H]1CCCN(C(=O)Cn2ccnn2)[C@@H]1CN. The Morgan fingerprint density at radius 1 is 1.59 bits per heavy atom. The average molecular weight is 237 g/mol. The van der Waals surface area contributed by atoms with Gasteiger partial charge in [-0.2, -0.15) is 0 Å². The van der Waals surface area contributed by atoms with Gasteiger partial charge in [0.25, 0.3) is 0 Å². The first kappa shape index (κ1) is 12.0. The number of aromatic nitrogens is 3. The molecule has 1 amide bonds. The maximum absolute atomic E-state index is 12.2. The summed E-state index contributed by atoms with van der Waals surface area (Å²) in [6, 6.07) is 0.166. The third-order valence-corrected chi connectivity index (χ3v) is 3.45. The number of carbonyl (C=O) groups excluding carboxylic acids is 1. The molecule has 0 aromatic carbocycles. The molecule has 1 aromatic heterocycles. The molecule has 6 heteroatoms. The summed E-state index contributed by atoms with van der Waals surface area (Å²) in [6.07, 6.45) is 5.48. The van der Waals surface area contributed by atoms with Gasteiger partial charge in [0.05, 0.1) is 6.20 Å². The molecule has 1 aliphatic rings. The standard InChI is InChI=1S/C11H19N5O/c1-9-3-2-5-16(10(9)7-12)11(17)8-15-6-4-13-14-15/h4,6,9-10H,2-3,5,7-8,12H2,1H3/t9-,10+/m0/s1. The Balaban J connectivity index is 2.02. The van der Waals surface area contributed by atoms with E-state index in [1.165, 1.54) is 0 Å². The van der Waals surface area contributed by atoms with Gasteiger partial charge in [-0.1, -0.05) is 12.1 Å². The van der Waals surface area contributed by atoms with Gasteiger partial charge in [0.2, 0.25) is 5.91 Å². The Morgan fingerprint density at radius 3 is 3.06 bits per heavy atom. The number of rotatable bonds is 3. The minimum atomic E-state index is 0.0810. The van der Waals surface area contributed by atoms with Gasteiger partial charge in [-0.15, -0.1) is 5.10 Å². The fourth-order valence-electron chi connectivity index (χ4n) is 2.46. The van der Waals surface area contributed by atoms with Gasteiger partial charge in [-0.25, -0.2) is 4.68 Å². The van der Waals surface area contributed by atoms with Crippen molar-refractivity contribution in [1.29, 1.82) is 0 Å². The van der Waals surface area contributed by atoms with Gasteiger partial charge >= 0.3 is 0 Å². The van der Waals surface area contributed by atoms with Crippen molar-refractivity contribution in [2.45, 2.75) is 32.4 Å². The lowest BCUT2D eigenvalue weighted by molar-refractivity contribution is -0.136. The summed E-state index contributed by atoms with van der Waals surface area (Å²) in [6.45, 7) is 3.75. The van der Waals surface area contributed by atoms with Crippen molar-refractivity contribution in [2.24, 2.45) is 11.7 Å². The zero-order valence-corrected chi connectivity index (χ0v) is 10.1. The molecule has 0 radical (unpaired) electrons. The maximum Gasteiger partial charge on any atom is 0.244 e. The van der Waals surface area contributed by atoms with Gasteiger partial charge in [-0.05, 0) is 18.8 Å². The van der Waals surface area contributed by atoms with Crippen LogP contribution in [0.1, 0.15) is 19.8 Å². The van der Waals surface area contributed by atoms with Crippen LogP contribution in [0.2, 0.25) is 0 Å². The summed E-state index contributed by atoms with van der Waals surface area (Å²) in [7, 11) is 0. The van der Waals surface area contributed by atoms with Crippen LogP contribution in [0.3, 0.4) is 0 Å². The molecule has 0 aliphatic carbocycles. The predicted molar refractivity (Wildman–Crippen MR) is 63.0 cm³/mol. The molecule has 2 N–H and O–H groups in total. The molecule has 1 saturated heterocycles. The molecular formula is C11H19N5O. The second kappa shape index (κ2) is 5.27. The van der Waals surface area contributed by atoms with Crippen molar-refractivity contribution >= 4 is 5.91 Å². The predicted octanol–water partition coefficient (Wildman–Crippen LogP) is -0.136. The second-order valence-corrected chi connectivity index (χ2v) is 4.61. The van der Waals surface area contributed by atoms with E-state index in [4.69, 9.17) is 5.73 Å². The molecule has 0 saturated carbocycles. The highest BCUT2D eigenvalue weighted by atomic mass is 16.2. The van der Waals surface area contributed by atoms with E-state index in [1.54, 1.807) is 17.1 Å². The van der Waals surface area contributed by atoms with E-state index < -0.39 is 0 Å². The number of piperidine rings is 1. The van der Waals surface area contributed by atoms with Gasteiger partial charge in [0.15, 0.2) is 0 Å². The minimum Gasteiger partial charge on any atom is -0.337 e. The lowest BCUT2D eigenvalue weighted by Crippen LogP contribution is -2.52. The monoisotopic (exact) mass is 237 g/mol. The first-order valence-electron chi connectivity index (χ1n) is 6.06. The number of nitrogens with zero attached hydrogens (tertiary/aromatic N) is 4. The summed E-state index contributed by atoms with van der Waals surface area (Å²) in [4.78, 5) is 14.1. The molecule has 0 unspecified atom stereocenters. The number of hydrogen-bond donors (Lipinski definition) is 1. The Labute approximate surface area is 101 Å². The van der Waals surface area contributed by atoms with E-state index in [1.807, 2.05) is 4.90 Å². The van der Waals surface area contributed by atoms with Crippen LogP contribution in [0, 0.1) is 5.92 Å². The highest BCUT2D eigenvalue weighted by Gasteiger charge is 2.30. The Kier molecular flexibility index (Phi) is 3.73. The smallest absolute Gasteiger partial charge is 0.244 e. The quantitative estimate of drug-likeness (QED) is 0.794. The van der Waals surface area contributed by atoms with Gasteiger partial charge in [0.1, 0.15) is 6.54 Å². The van der Waals surface area contributed by atoms with Crippen LogP contribution in [0.5, 0.6) is 0 Å². The number of carbonyl (C=O) groups is 1. The van der Waals surface area contributed by atoms with Crippen LogP contribution in [0.15, 0.2) is 12.4 Å². The van der Waals surface area contributed by atoms with E-state index in [-0.39, 0.29) is 18.5 Å². The Bertz CT molecular complexity index is 364. The van der Waals surface area contributed by atoms with E-state index in [0.29, 0.717) is 12.5 Å².